The summed E-state index contributed by atoms with van der Waals surface area (Å²) in [5.74, 6) is 0. The van der Waals surface area contributed by atoms with E-state index in [1.54, 1.807) is 18.5 Å². The average molecular weight is 631 g/mol. The van der Waals surface area contributed by atoms with Crippen LogP contribution in [-0.2, 0) is 0 Å². The van der Waals surface area contributed by atoms with E-state index in [4.69, 9.17) is 36.7 Å². The first-order valence-corrected chi connectivity index (χ1v) is 13.2. The molecule has 15 heteroatoms. The number of H-pyrrole nitrogens is 5. The summed E-state index contributed by atoms with van der Waals surface area (Å²) in [7, 11) is 0. The smallest absolute Gasteiger partial charge is 0.285 e. The molecule has 0 aliphatic heterocycles. The largest absolute Gasteiger partial charge is 0.368 e. The quantitative estimate of drug-likeness (QED) is 0.0705. The number of rotatable bonds is 1. The molecule has 5 rings (SSSR count). The molecule has 0 unspecified atom stereocenters. The van der Waals surface area contributed by atoms with Crippen molar-refractivity contribution in [2.45, 2.75) is 13.8 Å². The van der Waals surface area contributed by atoms with E-state index < -0.39 is 4.92 Å². The second-order valence-corrected chi connectivity index (χ2v) is 9.35. The van der Waals surface area contributed by atoms with Crippen LogP contribution < -0.4 is 0 Å². The zero-order valence-corrected chi connectivity index (χ0v) is 25.4. The summed E-state index contributed by atoms with van der Waals surface area (Å²) < 4.78 is 3.24. The lowest BCUT2D eigenvalue weighted by atomic mass is 10.4. The molecule has 0 aliphatic carbocycles. The van der Waals surface area contributed by atoms with Crippen molar-refractivity contribution in [1.82, 2.24) is 34.9 Å². The Morgan fingerprint density at radius 2 is 1.45 bits per heavy atom. The average Bonchev–Trinajstić information content (AvgIpc) is 2.91. The number of aromatic nitrogens is 7. The molecule has 0 aromatic carbocycles. The summed E-state index contributed by atoms with van der Waals surface area (Å²) in [4.78, 5) is 31.2. The molecular formula is C25H26N8O2S5. The molecule has 0 atom stereocenters. The lowest BCUT2D eigenvalue weighted by Gasteiger charge is -1.92. The molecule has 5 aromatic heterocycles. The van der Waals surface area contributed by atoms with Gasteiger partial charge in [-0.3, -0.25) is 10.1 Å². The third-order valence-electron chi connectivity index (χ3n) is 3.94. The minimum Gasteiger partial charge on any atom is -0.368 e. The van der Waals surface area contributed by atoms with Crippen LogP contribution in [0.3, 0.4) is 0 Å². The van der Waals surface area contributed by atoms with Crippen LogP contribution in [0.2, 0.25) is 0 Å². The van der Waals surface area contributed by atoms with Crippen molar-refractivity contribution in [2.24, 2.45) is 0 Å². The third kappa shape index (κ3) is 17.6. The fourth-order valence-corrected chi connectivity index (χ4v) is 3.16. The number of hydrogen-bond acceptors (Lipinski definition) is 9. The molecule has 5 aromatic rings. The SMILES string of the molecule is Cc1cc(C)[nH]c(=S)n1.O=[N+]([O-])c1ccc(=S)[nH]c1.S=c1cc[nH]cc1.S=c1cccc[nH]1.S=c1nccc[nH]1. The standard InChI is InChI=1S/C6H8N2S.C5H4N2O2S.2C5H5NS.C4H4N2S/c1-4-3-5(2)8-6(9)7-4;8-7(9)4-1-2-5(10)6-3-4;7-5-1-3-6-4-2-5;7-5-3-1-2-4-6-5;7-4-5-2-1-3-6-4/h3H,1-2H3,(H,7,8,9);1-3H,(H,6,10);2*1-4H,(H,6,7);1-3H,(H,5,6,7). The lowest BCUT2D eigenvalue weighted by molar-refractivity contribution is -0.385. The van der Waals surface area contributed by atoms with Crippen molar-refractivity contribution in [3.63, 3.8) is 0 Å². The van der Waals surface area contributed by atoms with Crippen molar-refractivity contribution in [2.75, 3.05) is 0 Å². The molecule has 0 saturated heterocycles. The maximum atomic E-state index is 10.1. The Hall–Kier alpha value is -3.89. The molecule has 5 N–H and O–H groups in total. The van der Waals surface area contributed by atoms with Gasteiger partial charge < -0.3 is 24.9 Å². The molecule has 0 aliphatic rings. The zero-order chi connectivity index (χ0) is 29.8. The van der Waals surface area contributed by atoms with Crippen LogP contribution in [0.15, 0.2) is 91.8 Å². The summed E-state index contributed by atoms with van der Waals surface area (Å²) in [5.41, 5.74) is 2.05. The molecule has 0 saturated carbocycles. The number of nitro groups is 1. The zero-order valence-electron chi connectivity index (χ0n) is 21.4. The minimum atomic E-state index is -0.481. The number of nitrogens with zero attached hydrogens (tertiary/aromatic N) is 3. The van der Waals surface area contributed by atoms with E-state index in [1.807, 2.05) is 68.8 Å². The van der Waals surface area contributed by atoms with Crippen molar-refractivity contribution in [3.8, 4) is 0 Å². The number of hydrogen-bond donors (Lipinski definition) is 5. The van der Waals surface area contributed by atoms with Crippen LogP contribution >= 0.6 is 61.1 Å². The Morgan fingerprint density at radius 1 is 0.775 bits per heavy atom. The van der Waals surface area contributed by atoms with Gasteiger partial charge in [0.25, 0.3) is 5.69 Å². The second-order valence-electron chi connectivity index (χ2n) is 7.23. The van der Waals surface area contributed by atoms with Gasteiger partial charge >= 0.3 is 0 Å². The van der Waals surface area contributed by atoms with E-state index >= 15 is 0 Å². The van der Waals surface area contributed by atoms with Crippen molar-refractivity contribution < 1.29 is 4.92 Å². The first kappa shape index (κ1) is 34.1. The maximum Gasteiger partial charge on any atom is 0.285 e. The van der Waals surface area contributed by atoms with Gasteiger partial charge in [0.15, 0.2) is 9.54 Å². The fraction of sp³-hybridized carbons (Fsp3) is 0.0800. The normalized spacial score (nSPS) is 8.95. The van der Waals surface area contributed by atoms with Crippen molar-refractivity contribution in [1.29, 1.82) is 0 Å². The summed E-state index contributed by atoms with van der Waals surface area (Å²) in [6.07, 6.45) is 10.1. The van der Waals surface area contributed by atoms with Crippen LogP contribution in [0.25, 0.3) is 0 Å². The molecule has 0 amide bonds. The van der Waals surface area contributed by atoms with Gasteiger partial charge in [0.2, 0.25) is 0 Å². The van der Waals surface area contributed by atoms with E-state index in [1.165, 1.54) is 18.3 Å². The minimum absolute atomic E-state index is 0.0219. The molecule has 0 fully saturated rings. The summed E-state index contributed by atoms with van der Waals surface area (Å²) in [5, 5.41) is 10.1. The maximum absolute atomic E-state index is 10.1. The number of aromatic amines is 5. The predicted octanol–water partition coefficient (Wildman–Crippen LogP) is 8.04. The first-order chi connectivity index (χ1) is 19.1. The van der Waals surface area contributed by atoms with Gasteiger partial charge in [-0.1, -0.05) is 42.7 Å². The molecule has 40 heavy (non-hydrogen) atoms. The molecule has 5 heterocycles. The van der Waals surface area contributed by atoms with E-state index in [9.17, 15) is 10.1 Å². The van der Waals surface area contributed by atoms with E-state index in [0.29, 0.717) is 14.2 Å². The van der Waals surface area contributed by atoms with Gasteiger partial charge in [-0.05, 0) is 80.7 Å². The highest BCUT2D eigenvalue weighted by Gasteiger charge is 2.00. The topological polar surface area (TPSA) is 148 Å². The van der Waals surface area contributed by atoms with Crippen LogP contribution in [0.5, 0.6) is 0 Å². The van der Waals surface area contributed by atoms with Crippen molar-refractivity contribution >= 4 is 66.8 Å². The molecular weight excluding hydrogens is 605 g/mol. The Kier molecular flexibility index (Phi) is 17.1. The van der Waals surface area contributed by atoms with E-state index in [-0.39, 0.29) is 5.69 Å². The molecule has 10 nitrogen and oxygen atoms in total. The number of pyridine rings is 3. The van der Waals surface area contributed by atoms with Gasteiger partial charge in [-0.25, -0.2) is 9.97 Å². The van der Waals surface area contributed by atoms with E-state index in [0.717, 1.165) is 20.5 Å². The van der Waals surface area contributed by atoms with Gasteiger partial charge in [0, 0.05) is 52.9 Å². The fourth-order valence-electron chi connectivity index (χ4n) is 2.31. The third-order valence-corrected chi connectivity index (χ3v) is 5.13. The van der Waals surface area contributed by atoms with Gasteiger partial charge in [0.1, 0.15) is 9.28 Å². The summed E-state index contributed by atoms with van der Waals surface area (Å²) in [6, 6.07) is 15.9. The van der Waals surface area contributed by atoms with Crippen molar-refractivity contribution in [3.05, 3.63) is 137 Å². The van der Waals surface area contributed by atoms with Crippen LogP contribution in [0.1, 0.15) is 11.4 Å². The lowest BCUT2D eigenvalue weighted by Crippen LogP contribution is -1.87. The Balaban J connectivity index is 0.000000252. The molecule has 0 bridgehead atoms. The Bertz CT molecular complexity index is 1540. The highest BCUT2D eigenvalue weighted by Crippen LogP contribution is 2.05. The summed E-state index contributed by atoms with van der Waals surface area (Å²) in [6.45, 7) is 3.89. The molecule has 0 spiro atoms. The Morgan fingerprint density at radius 3 is 1.80 bits per heavy atom. The molecule has 0 radical (unpaired) electrons. The van der Waals surface area contributed by atoms with Gasteiger partial charge in [-0.15, -0.1) is 0 Å². The van der Waals surface area contributed by atoms with Crippen LogP contribution in [0, 0.1) is 47.3 Å². The molecule has 208 valence electrons. The van der Waals surface area contributed by atoms with Crippen LogP contribution in [-0.4, -0.2) is 39.8 Å². The number of nitrogens with one attached hydrogen (secondary N) is 5. The van der Waals surface area contributed by atoms with Gasteiger partial charge in [0.05, 0.1) is 11.1 Å². The van der Waals surface area contributed by atoms with Crippen LogP contribution in [0.4, 0.5) is 5.69 Å². The second kappa shape index (κ2) is 20.1. The Labute approximate surface area is 255 Å². The van der Waals surface area contributed by atoms with E-state index in [2.05, 4.69) is 59.3 Å². The summed E-state index contributed by atoms with van der Waals surface area (Å²) >= 11 is 23.7. The monoisotopic (exact) mass is 630 g/mol. The first-order valence-electron chi connectivity index (χ1n) is 11.2. The highest BCUT2D eigenvalue weighted by atomic mass is 32.1. The number of aryl methyl sites for hydroxylation is 2. The predicted molar refractivity (Wildman–Crippen MR) is 170 cm³/mol. The van der Waals surface area contributed by atoms with Gasteiger partial charge in [-0.2, -0.15) is 0 Å². The highest BCUT2D eigenvalue weighted by molar-refractivity contribution is 7.72.